The monoisotopic (exact) mass is 424 g/mol. The van der Waals surface area contributed by atoms with E-state index < -0.39 is 7.60 Å². The van der Waals surface area contributed by atoms with Gasteiger partial charge < -0.3 is 9.05 Å². The van der Waals surface area contributed by atoms with E-state index in [1.165, 1.54) is 81.2 Å². The molecule has 0 atom stereocenters. The lowest BCUT2D eigenvalue weighted by atomic mass is 9.84. The Balaban J connectivity index is 1.39. The van der Waals surface area contributed by atoms with Gasteiger partial charge in [-0.2, -0.15) is 0 Å². The topological polar surface area (TPSA) is 35.5 Å². The van der Waals surface area contributed by atoms with E-state index in [4.69, 9.17) is 9.05 Å². The number of hydrogen-bond donors (Lipinski definition) is 0. The summed E-state index contributed by atoms with van der Waals surface area (Å²) in [4.78, 5) is 0. The maximum absolute atomic E-state index is 13.1. The maximum Gasteiger partial charge on any atom is 0.455 e. The van der Waals surface area contributed by atoms with E-state index in [0.29, 0.717) is 23.3 Å². The fourth-order valence-corrected chi connectivity index (χ4v) is 5.88. The minimum atomic E-state index is -3.47. The number of benzene rings is 2. The average Bonchev–Trinajstić information content (AvgIpc) is 2.81. The fourth-order valence-electron chi connectivity index (χ4n) is 4.86. The van der Waals surface area contributed by atoms with Crippen molar-refractivity contribution in [3.63, 3.8) is 0 Å². The second kappa shape index (κ2) is 9.88. The summed E-state index contributed by atoms with van der Waals surface area (Å²) >= 11 is 0. The average molecular weight is 425 g/mol. The van der Waals surface area contributed by atoms with Crippen LogP contribution in [0, 0.1) is 0 Å². The van der Waals surface area contributed by atoms with E-state index in [1.807, 2.05) is 24.3 Å². The minimum Gasteiger partial charge on any atom is -0.413 e. The predicted octanol–water partition coefficient (Wildman–Crippen LogP) is 8.58. The van der Waals surface area contributed by atoms with Gasteiger partial charge in [0.05, 0.1) is 0 Å². The van der Waals surface area contributed by atoms with Crippen LogP contribution >= 0.6 is 7.60 Å². The van der Waals surface area contributed by atoms with Crippen molar-refractivity contribution in [3.05, 3.63) is 72.1 Å². The van der Waals surface area contributed by atoms with Crippen LogP contribution in [0.25, 0.3) is 0 Å². The molecule has 2 saturated carbocycles. The van der Waals surface area contributed by atoms with Crippen LogP contribution in [-0.2, 0) is 4.57 Å². The summed E-state index contributed by atoms with van der Waals surface area (Å²) in [5, 5.41) is 0. The molecular weight excluding hydrogens is 391 g/mol. The highest BCUT2D eigenvalue weighted by molar-refractivity contribution is 7.58. The zero-order chi connectivity index (χ0) is 20.8. The van der Waals surface area contributed by atoms with Crippen molar-refractivity contribution < 1.29 is 13.6 Å². The van der Waals surface area contributed by atoms with E-state index >= 15 is 0 Å². The van der Waals surface area contributed by atoms with Crippen LogP contribution in [0.3, 0.4) is 0 Å². The molecule has 0 amide bonds. The summed E-state index contributed by atoms with van der Waals surface area (Å²) in [6, 6.07) is 16.0. The first-order valence-corrected chi connectivity index (χ1v) is 13.1. The largest absolute Gasteiger partial charge is 0.455 e. The van der Waals surface area contributed by atoms with Crippen LogP contribution in [-0.4, -0.2) is 0 Å². The highest BCUT2D eigenvalue weighted by Gasteiger charge is 2.24. The smallest absolute Gasteiger partial charge is 0.413 e. The molecule has 0 unspecified atom stereocenters. The SMILES string of the molecule is C=CP(=O)(Oc1ccc(C2CCCCC2)cc1)Oc1ccc(C2CCCCC2)cc1. The van der Waals surface area contributed by atoms with Crippen LogP contribution in [0.15, 0.2) is 60.9 Å². The first kappa shape index (κ1) is 21.2. The standard InChI is InChI=1S/C26H33O3P/c1-2-30(27,28-25-17-13-23(14-18-25)21-9-5-3-6-10-21)29-26-19-15-24(16-20-26)22-11-7-4-8-12-22/h2,13-22H,1,3-12H2. The first-order valence-electron chi connectivity index (χ1n) is 11.5. The maximum atomic E-state index is 13.1. The summed E-state index contributed by atoms with van der Waals surface area (Å²) in [7, 11) is -3.47. The van der Waals surface area contributed by atoms with E-state index in [1.54, 1.807) is 0 Å². The normalized spacial score (nSPS) is 18.7. The second-order valence-corrected chi connectivity index (χ2v) is 10.5. The summed E-state index contributed by atoms with van der Waals surface area (Å²) in [5.41, 5.74) is 2.68. The summed E-state index contributed by atoms with van der Waals surface area (Å²) in [6.45, 7) is 3.69. The first-order chi connectivity index (χ1) is 14.6. The van der Waals surface area contributed by atoms with Crippen molar-refractivity contribution in [1.82, 2.24) is 0 Å². The van der Waals surface area contributed by atoms with Crippen molar-refractivity contribution in [1.29, 1.82) is 0 Å². The molecule has 0 radical (unpaired) electrons. The molecular formula is C26H33O3P. The lowest BCUT2D eigenvalue weighted by Gasteiger charge is -2.23. The highest BCUT2D eigenvalue weighted by atomic mass is 31.2. The van der Waals surface area contributed by atoms with E-state index in [-0.39, 0.29) is 0 Å². The molecule has 2 aromatic rings. The van der Waals surface area contributed by atoms with Gasteiger partial charge in [0.15, 0.2) is 0 Å². The zero-order valence-corrected chi connectivity index (χ0v) is 18.7. The third-order valence-corrected chi connectivity index (χ3v) is 7.98. The van der Waals surface area contributed by atoms with Crippen molar-refractivity contribution in [2.45, 2.75) is 76.0 Å². The van der Waals surface area contributed by atoms with Crippen molar-refractivity contribution in [2.75, 3.05) is 0 Å². The highest BCUT2D eigenvalue weighted by Crippen LogP contribution is 2.50. The summed E-state index contributed by atoms with van der Waals surface area (Å²) < 4.78 is 24.6. The van der Waals surface area contributed by atoms with Crippen LogP contribution < -0.4 is 9.05 Å². The molecule has 0 spiro atoms. The minimum absolute atomic E-state index is 0.552. The van der Waals surface area contributed by atoms with E-state index in [0.717, 1.165) is 0 Å². The van der Waals surface area contributed by atoms with Gasteiger partial charge in [-0.15, -0.1) is 0 Å². The van der Waals surface area contributed by atoms with Gasteiger partial charge in [-0.25, -0.2) is 4.57 Å². The molecule has 2 aromatic carbocycles. The molecule has 0 aliphatic heterocycles. The van der Waals surface area contributed by atoms with Gasteiger partial charge in [-0.1, -0.05) is 69.4 Å². The third-order valence-electron chi connectivity index (χ3n) is 6.60. The summed E-state index contributed by atoms with van der Waals surface area (Å²) in [5.74, 6) is 3.67. The van der Waals surface area contributed by atoms with Gasteiger partial charge >= 0.3 is 7.60 Å². The molecule has 4 heteroatoms. The van der Waals surface area contributed by atoms with Gasteiger partial charge in [-0.05, 0) is 72.9 Å². The number of hydrogen-bond acceptors (Lipinski definition) is 3. The molecule has 160 valence electrons. The molecule has 30 heavy (non-hydrogen) atoms. The molecule has 0 saturated heterocycles. The molecule has 0 aromatic heterocycles. The molecule has 2 aliphatic rings. The van der Waals surface area contributed by atoms with Gasteiger partial charge in [0.25, 0.3) is 0 Å². The molecule has 2 aliphatic carbocycles. The van der Waals surface area contributed by atoms with Gasteiger partial charge in [0.1, 0.15) is 11.5 Å². The lowest BCUT2D eigenvalue weighted by Crippen LogP contribution is -2.05. The number of rotatable bonds is 7. The van der Waals surface area contributed by atoms with E-state index in [9.17, 15) is 4.57 Å². The van der Waals surface area contributed by atoms with Crippen LogP contribution in [0.1, 0.15) is 87.2 Å². The van der Waals surface area contributed by atoms with Gasteiger partial charge in [-0.3, -0.25) is 0 Å². The molecule has 0 heterocycles. The Hall–Kier alpha value is -1.99. The molecule has 4 rings (SSSR count). The fraction of sp³-hybridized carbons (Fsp3) is 0.462. The third kappa shape index (κ3) is 5.38. The summed E-state index contributed by atoms with van der Waals surface area (Å²) in [6.07, 6.45) is 12.9. The molecule has 2 fully saturated rings. The Bertz CT molecular complexity index is 793. The quantitative estimate of drug-likeness (QED) is 0.418. The van der Waals surface area contributed by atoms with Crippen molar-refractivity contribution in [2.24, 2.45) is 0 Å². The van der Waals surface area contributed by atoms with E-state index in [2.05, 4.69) is 30.8 Å². The van der Waals surface area contributed by atoms with Crippen molar-refractivity contribution in [3.8, 4) is 11.5 Å². The van der Waals surface area contributed by atoms with Crippen LogP contribution in [0.4, 0.5) is 0 Å². The Morgan fingerprint density at radius 1 is 0.667 bits per heavy atom. The lowest BCUT2D eigenvalue weighted by molar-refractivity contribution is 0.397. The predicted molar refractivity (Wildman–Crippen MR) is 124 cm³/mol. The second-order valence-electron chi connectivity index (χ2n) is 8.71. The Labute approximate surface area is 181 Å². The van der Waals surface area contributed by atoms with Crippen molar-refractivity contribution >= 4 is 7.60 Å². The Kier molecular flexibility index (Phi) is 7.00. The van der Waals surface area contributed by atoms with Crippen LogP contribution in [0.2, 0.25) is 0 Å². The van der Waals surface area contributed by atoms with Gasteiger partial charge in [0, 0.05) is 5.82 Å². The molecule has 3 nitrogen and oxygen atoms in total. The van der Waals surface area contributed by atoms with Gasteiger partial charge in [0.2, 0.25) is 0 Å². The molecule has 0 N–H and O–H groups in total. The Morgan fingerprint density at radius 2 is 1.03 bits per heavy atom. The van der Waals surface area contributed by atoms with Crippen LogP contribution in [0.5, 0.6) is 11.5 Å². The molecule has 0 bridgehead atoms. The zero-order valence-electron chi connectivity index (χ0n) is 17.8. The Morgan fingerprint density at radius 3 is 1.37 bits per heavy atom.